The van der Waals surface area contributed by atoms with Crippen LogP contribution in [0.15, 0.2) is 133 Å². The average molecular weight is 636 g/mol. The molecular formula is C39H43NO3P2. The summed E-state index contributed by atoms with van der Waals surface area (Å²) in [5.74, 6) is 0. The van der Waals surface area contributed by atoms with Gasteiger partial charge in [0.05, 0.1) is 12.3 Å². The van der Waals surface area contributed by atoms with E-state index in [1.165, 1.54) is 25.7 Å². The van der Waals surface area contributed by atoms with Gasteiger partial charge in [0.1, 0.15) is 0 Å². The highest BCUT2D eigenvalue weighted by Crippen LogP contribution is 2.48. The highest BCUT2D eigenvalue weighted by Gasteiger charge is 2.35. The Labute approximate surface area is 268 Å². The lowest BCUT2D eigenvalue weighted by molar-refractivity contribution is -0.620. The van der Waals surface area contributed by atoms with E-state index in [9.17, 15) is 5.21 Å². The molecule has 0 spiro atoms. The maximum Gasteiger partial charge on any atom is 0.201 e. The Kier molecular flexibility index (Phi) is 11.3. The summed E-state index contributed by atoms with van der Waals surface area (Å²) in [5, 5.41) is 17.2. The molecule has 0 radical (unpaired) electrons. The SMILES string of the molecule is CCCCCCCCc1cc(CP(=O)(c2ccccc2)c2ccccc2)[n+]([O-])c(CP(=O)(c2ccccc2)c2ccccc2)c1. The highest BCUT2D eigenvalue weighted by molar-refractivity contribution is 7.78. The zero-order chi connectivity index (χ0) is 31.5. The third kappa shape index (κ3) is 7.93. The number of hydrogen-bond acceptors (Lipinski definition) is 3. The molecule has 0 saturated carbocycles. The molecule has 5 rings (SSSR count). The van der Waals surface area contributed by atoms with Crippen molar-refractivity contribution in [3.63, 3.8) is 0 Å². The molecule has 0 N–H and O–H groups in total. The van der Waals surface area contributed by atoms with Crippen LogP contribution in [0, 0.1) is 5.21 Å². The highest BCUT2D eigenvalue weighted by atomic mass is 31.2. The number of rotatable bonds is 15. The predicted molar refractivity (Wildman–Crippen MR) is 189 cm³/mol. The van der Waals surface area contributed by atoms with Gasteiger partial charge in [-0.2, -0.15) is 4.73 Å². The van der Waals surface area contributed by atoms with Crippen molar-refractivity contribution in [1.82, 2.24) is 0 Å². The van der Waals surface area contributed by atoms with Crippen molar-refractivity contribution < 1.29 is 13.9 Å². The van der Waals surface area contributed by atoms with Gasteiger partial charge in [-0.3, -0.25) is 0 Å². The lowest BCUT2D eigenvalue weighted by Crippen LogP contribution is -2.39. The van der Waals surface area contributed by atoms with Gasteiger partial charge in [-0.1, -0.05) is 160 Å². The van der Waals surface area contributed by atoms with Gasteiger partial charge >= 0.3 is 0 Å². The predicted octanol–water partition coefficient (Wildman–Crippen LogP) is 8.25. The molecular weight excluding hydrogens is 592 g/mol. The van der Waals surface area contributed by atoms with Crippen molar-refractivity contribution in [3.05, 3.63) is 156 Å². The first-order valence-corrected chi connectivity index (χ1v) is 19.9. The van der Waals surface area contributed by atoms with Crippen LogP contribution in [0.25, 0.3) is 0 Å². The molecule has 1 aromatic heterocycles. The van der Waals surface area contributed by atoms with Crippen LogP contribution in [0.2, 0.25) is 0 Å². The number of aryl methyl sites for hydroxylation is 1. The van der Waals surface area contributed by atoms with Crippen LogP contribution < -0.4 is 25.9 Å². The van der Waals surface area contributed by atoms with E-state index in [0.717, 1.165) is 50.8 Å². The topological polar surface area (TPSA) is 61.1 Å². The van der Waals surface area contributed by atoms with Gasteiger partial charge in [-0.05, 0) is 18.4 Å². The summed E-state index contributed by atoms with van der Waals surface area (Å²) in [7, 11) is -6.43. The number of benzene rings is 4. The normalized spacial score (nSPS) is 11.8. The molecule has 0 aliphatic rings. The first-order valence-electron chi connectivity index (χ1n) is 16.1. The maximum absolute atomic E-state index is 15.0. The smallest absolute Gasteiger partial charge is 0.201 e. The van der Waals surface area contributed by atoms with Gasteiger partial charge in [-0.25, -0.2) is 0 Å². The zero-order valence-corrected chi connectivity index (χ0v) is 27.9. The van der Waals surface area contributed by atoms with Crippen LogP contribution in [0.3, 0.4) is 0 Å². The molecule has 6 heteroatoms. The van der Waals surface area contributed by atoms with Crippen LogP contribution in [-0.2, 0) is 27.9 Å². The van der Waals surface area contributed by atoms with Gasteiger partial charge in [0.25, 0.3) is 0 Å². The lowest BCUT2D eigenvalue weighted by Gasteiger charge is -2.22. The average Bonchev–Trinajstić information content (AvgIpc) is 3.09. The molecule has 0 atom stereocenters. The van der Waals surface area contributed by atoms with E-state index in [-0.39, 0.29) is 12.3 Å². The minimum absolute atomic E-state index is 0.0862. The molecule has 232 valence electrons. The Balaban J connectivity index is 1.59. The van der Waals surface area contributed by atoms with Crippen molar-refractivity contribution in [2.45, 2.75) is 64.2 Å². The molecule has 1 heterocycles. The van der Waals surface area contributed by atoms with Gasteiger partial charge in [0, 0.05) is 33.4 Å². The third-order valence-corrected chi connectivity index (χ3v) is 14.6. The van der Waals surface area contributed by atoms with E-state index >= 15 is 9.13 Å². The molecule has 0 unspecified atom stereocenters. The van der Waals surface area contributed by atoms with Crippen LogP contribution >= 0.6 is 14.3 Å². The molecule has 0 bridgehead atoms. The summed E-state index contributed by atoms with van der Waals surface area (Å²) < 4.78 is 31.0. The van der Waals surface area contributed by atoms with E-state index in [4.69, 9.17) is 0 Å². The van der Waals surface area contributed by atoms with Gasteiger partial charge < -0.3 is 14.3 Å². The second-order valence-electron chi connectivity index (χ2n) is 11.8. The van der Waals surface area contributed by atoms with E-state index in [0.29, 0.717) is 11.4 Å². The first kappa shape index (κ1) is 32.7. The van der Waals surface area contributed by atoms with Crippen LogP contribution in [0.1, 0.15) is 62.4 Å². The first-order chi connectivity index (χ1) is 21.9. The molecule has 5 aromatic rings. The Bertz CT molecular complexity index is 1540. The lowest BCUT2D eigenvalue weighted by atomic mass is 10.0. The van der Waals surface area contributed by atoms with E-state index in [2.05, 4.69) is 6.92 Å². The van der Waals surface area contributed by atoms with Crippen molar-refractivity contribution in [3.8, 4) is 0 Å². The fraction of sp³-hybridized carbons (Fsp3) is 0.256. The molecule has 4 nitrogen and oxygen atoms in total. The summed E-state index contributed by atoms with van der Waals surface area (Å²) in [5.41, 5.74) is 1.94. The number of aromatic nitrogens is 1. The van der Waals surface area contributed by atoms with Crippen molar-refractivity contribution in [2.75, 3.05) is 0 Å². The molecule has 0 amide bonds. The summed E-state index contributed by atoms with van der Waals surface area (Å²) >= 11 is 0. The largest absolute Gasteiger partial charge is 0.618 e. The molecule has 45 heavy (non-hydrogen) atoms. The van der Waals surface area contributed by atoms with Crippen molar-refractivity contribution in [1.29, 1.82) is 0 Å². The second kappa shape index (κ2) is 15.5. The molecule has 0 aliphatic heterocycles. The minimum Gasteiger partial charge on any atom is -0.618 e. The number of pyridine rings is 1. The number of nitrogens with zero attached hydrogens (tertiary/aromatic N) is 1. The molecule has 0 aliphatic carbocycles. The Morgan fingerprint density at radius 1 is 0.511 bits per heavy atom. The summed E-state index contributed by atoms with van der Waals surface area (Å²) in [6.07, 6.45) is 8.00. The van der Waals surface area contributed by atoms with E-state index in [1.807, 2.05) is 133 Å². The minimum atomic E-state index is -3.21. The van der Waals surface area contributed by atoms with Crippen LogP contribution in [0.5, 0.6) is 0 Å². The maximum atomic E-state index is 15.0. The fourth-order valence-electron chi connectivity index (χ4n) is 6.04. The zero-order valence-electron chi connectivity index (χ0n) is 26.1. The van der Waals surface area contributed by atoms with Crippen LogP contribution in [-0.4, -0.2) is 0 Å². The Hall–Kier alpha value is -3.71. The number of unbranched alkanes of at least 4 members (excludes halogenated alkanes) is 5. The van der Waals surface area contributed by atoms with Crippen LogP contribution in [0.4, 0.5) is 0 Å². The van der Waals surface area contributed by atoms with Crippen molar-refractivity contribution >= 4 is 35.5 Å². The summed E-state index contributed by atoms with van der Waals surface area (Å²) in [6, 6.07) is 41.8. The second-order valence-corrected chi connectivity index (χ2v) is 17.5. The van der Waals surface area contributed by atoms with E-state index in [1.54, 1.807) is 0 Å². The third-order valence-electron chi connectivity index (χ3n) is 8.51. The molecule has 0 saturated heterocycles. The van der Waals surface area contributed by atoms with Gasteiger partial charge in [-0.15, -0.1) is 0 Å². The molecule has 0 fully saturated rings. The monoisotopic (exact) mass is 635 g/mol. The summed E-state index contributed by atoms with van der Waals surface area (Å²) in [6.45, 7) is 2.22. The van der Waals surface area contributed by atoms with Gasteiger partial charge in [0.2, 0.25) is 11.4 Å². The quantitative estimate of drug-likeness (QED) is 0.0504. The van der Waals surface area contributed by atoms with Gasteiger partial charge in [0.15, 0.2) is 14.3 Å². The number of hydrogen-bond donors (Lipinski definition) is 0. The fourth-order valence-corrected chi connectivity index (χ4v) is 11.3. The summed E-state index contributed by atoms with van der Waals surface area (Å²) in [4.78, 5) is 0. The Morgan fingerprint density at radius 2 is 0.844 bits per heavy atom. The standard InChI is InChI=1S/C39H43NO3P2/c1-2-3-4-5-6-11-20-33-29-34(31-44(42,36-21-12-7-13-22-36)37-23-14-8-15-24-37)40(41)35(30-33)32-45(43,38-25-16-9-17-26-38)39-27-18-10-19-28-39/h7-10,12-19,21-30H,2-6,11,20,31-32H2,1H3. The van der Waals surface area contributed by atoms with E-state index < -0.39 is 14.3 Å². The Morgan fingerprint density at radius 3 is 1.20 bits per heavy atom. The molecule has 4 aromatic carbocycles. The van der Waals surface area contributed by atoms with Crippen molar-refractivity contribution in [2.24, 2.45) is 0 Å².